The molecular weight excluding hydrogens is 299 g/mol. The molecule has 0 aliphatic heterocycles. The first-order valence-electron chi connectivity index (χ1n) is 6.13. The molecule has 3 N–H and O–H groups in total. The zero-order valence-electron chi connectivity index (χ0n) is 11.3. The van der Waals surface area contributed by atoms with Crippen molar-refractivity contribution in [2.75, 3.05) is 5.73 Å². The number of anilines is 1. The Morgan fingerprint density at radius 3 is 2.59 bits per heavy atom. The monoisotopic (exact) mass is 309 g/mol. The van der Waals surface area contributed by atoms with Crippen molar-refractivity contribution in [3.63, 3.8) is 0 Å². The molecule has 114 valence electrons. The second-order valence-electron chi connectivity index (χ2n) is 4.69. The Hall–Kier alpha value is -2.84. The van der Waals surface area contributed by atoms with Crippen molar-refractivity contribution < 1.29 is 18.3 Å². The Bertz CT molecular complexity index is 872. The summed E-state index contributed by atoms with van der Waals surface area (Å²) in [6, 6.07) is 2.66. The van der Waals surface area contributed by atoms with Gasteiger partial charge < -0.3 is 10.8 Å². The van der Waals surface area contributed by atoms with Crippen molar-refractivity contribution in [2.45, 2.75) is 6.18 Å². The van der Waals surface area contributed by atoms with Gasteiger partial charge in [0, 0.05) is 12.6 Å². The van der Waals surface area contributed by atoms with Gasteiger partial charge in [0.05, 0.1) is 22.7 Å². The van der Waals surface area contributed by atoms with Gasteiger partial charge in [-0.05, 0) is 18.2 Å². The maximum absolute atomic E-state index is 12.7. The number of nitrogen functional groups attached to an aromatic ring is 1. The average molecular weight is 309 g/mol. The largest absolute Gasteiger partial charge is 0.507 e. The Labute approximate surface area is 122 Å². The number of aromatic nitrogens is 4. The molecule has 6 nitrogen and oxygen atoms in total. The molecule has 0 amide bonds. The lowest BCUT2D eigenvalue weighted by atomic mass is 10.1. The number of phenols is 1. The van der Waals surface area contributed by atoms with Crippen LogP contribution < -0.4 is 5.73 Å². The molecule has 9 heteroatoms. The lowest BCUT2D eigenvalue weighted by Gasteiger charge is -2.10. The van der Waals surface area contributed by atoms with Gasteiger partial charge in [0.15, 0.2) is 5.82 Å². The van der Waals surface area contributed by atoms with Crippen LogP contribution in [0.1, 0.15) is 5.56 Å². The number of halogens is 3. The SMILES string of the molecule is Cn1ncc2c(N)nnc(-c3ccc(C(F)(F)F)cc3O)c21. The van der Waals surface area contributed by atoms with Crippen molar-refractivity contribution in [2.24, 2.45) is 7.05 Å². The third-order valence-corrected chi connectivity index (χ3v) is 3.28. The molecule has 0 spiro atoms. The molecule has 0 fully saturated rings. The van der Waals surface area contributed by atoms with Crippen LogP contribution >= 0.6 is 0 Å². The highest BCUT2D eigenvalue weighted by Crippen LogP contribution is 2.38. The van der Waals surface area contributed by atoms with E-state index in [4.69, 9.17) is 5.73 Å². The van der Waals surface area contributed by atoms with Crippen molar-refractivity contribution in [1.82, 2.24) is 20.0 Å². The van der Waals surface area contributed by atoms with Crippen LogP contribution in [0.25, 0.3) is 22.2 Å². The lowest BCUT2D eigenvalue weighted by molar-refractivity contribution is -0.137. The van der Waals surface area contributed by atoms with E-state index < -0.39 is 17.5 Å². The predicted octanol–water partition coefficient (Wildman–Crippen LogP) is 2.34. The third-order valence-electron chi connectivity index (χ3n) is 3.28. The molecule has 0 saturated heterocycles. The number of benzene rings is 1. The number of nitrogens with zero attached hydrogens (tertiary/aromatic N) is 4. The van der Waals surface area contributed by atoms with Crippen LogP contribution in [-0.2, 0) is 13.2 Å². The van der Waals surface area contributed by atoms with E-state index in [0.717, 1.165) is 12.1 Å². The fourth-order valence-corrected chi connectivity index (χ4v) is 2.20. The summed E-state index contributed by atoms with van der Waals surface area (Å²) < 4.78 is 39.4. The van der Waals surface area contributed by atoms with Gasteiger partial charge in [0.2, 0.25) is 0 Å². The Morgan fingerprint density at radius 2 is 1.95 bits per heavy atom. The first kappa shape index (κ1) is 14.1. The summed E-state index contributed by atoms with van der Waals surface area (Å²) >= 11 is 0. The van der Waals surface area contributed by atoms with Crippen LogP contribution in [0.4, 0.5) is 19.0 Å². The molecule has 0 radical (unpaired) electrons. The van der Waals surface area contributed by atoms with Gasteiger partial charge in [-0.25, -0.2) is 0 Å². The highest BCUT2D eigenvalue weighted by molar-refractivity contribution is 5.97. The van der Waals surface area contributed by atoms with E-state index in [9.17, 15) is 18.3 Å². The molecule has 3 rings (SSSR count). The number of rotatable bonds is 1. The lowest BCUT2D eigenvalue weighted by Crippen LogP contribution is -2.05. The zero-order valence-corrected chi connectivity index (χ0v) is 11.3. The van der Waals surface area contributed by atoms with Gasteiger partial charge in [0.1, 0.15) is 11.4 Å². The summed E-state index contributed by atoms with van der Waals surface area (Å²) in [6.07, 6.45) is -3.06. The molecule has 0 unspecified atom stereocenters. The number of hydrogen-bond donors (Lipinski definition) is 2. The number of fused-ring (bicyclic) bond motifs is 1. The van der Waals surface area contributed by atoms with Gasteiger partial charge in [-0.15, -0.1) is 10.2 Å². The van der Waals surface area contributed by atoms with Crippen LogP contribution in [-0.4, -0.2) is 25.1 Å². The maximum atomic E-state index is 12.7. The molecule has 0 saturated carbocycles. The fourth-order valence-electron chi connectivity index (χ4n) is 2.20. The zero-order chi connectivity index (χ0) is 16.1. The number of alkyl halides is 3. The van der Waals surface area contributed by atoms with Gasteiger partial charge in [-0.2, -0.15) is 18.3 Å². The first-order valence-corrected chi connectivity index (χ1v) is 6.13. The van der Waals surface area contributed by atoms with E-state index in [-0.39, 0.29) is 17.1 Å². The van der Waals surface area contributed by atoms with Crippen molar-refractivity contribution in [3.8, 4) is 17.0 Å². The van der Waals surface area contributed by atoms with Gasteiger partial charge in [-0.3, -0.25) is 4.68 Å². The van der Waals surface area contributed by atoms with E-state index in [1.807, 2.05) is 0 Å². The standard InChI is InChI=1S/C13H10F3N5O/c1-21-11-8(5-18-21)12(17)20-19-10(11)7-3-2-6(4-9(7)22)13(14,15)16/h2-5,22H,1H3,(H2,17,20). The summed E-state index contributed by atoms with van der Waals surface area (Å²) in [5.41, 5.74) is 5.55. The third kappa shape index (κ3) is 2.10. The van der Waals surface area contributed by atoms with E-state index in [2.05, 4.69) is 15.3 Å². The molecule has 2 heterocycles. The quantitative estimate of drug-likeness (QED) is 0.720. The minimum Gasteiger partial charge on any atom is -0.507 e. The van der Waals surface area contributed by atoms with Gasteiger partial charge >= 0.3 is 6.18 Å². The smallest absolute Gasteiger partial charge is 0.416 e. The first-order chi connectivity index (χ1) is 10.3. The van der Waals surface area contributed by atoms with E-state index >= 15 is 0 Å². The fraction of sp³-hybridized carbons (Fsp3) is 0.154. The Morgan fingerprint density at radius 1 is 1.23 bits per heavy atom. The predicted molar refractivity (Wildman–Crippen MR) is 72.8 cm³/mol. The topological polar surface area (TPSA) is 89.9 Å². The minimum absolute atomic E-state index is 0.120. The average Bonchev–Trinajstić information content (AvgIpc) is 2.82. The number of aryl methyl sites for hydroxylation is 1. The molecule has 22 heavy (non-hydrogen) atoms. The van der Waals surface area contributed by atoms with Gasteiger partial charge in [-0.1, -0.05) is 0 Å². The molecule has 0 aliphatic carbocycles. The highest BCUT2D eigenvalue weighted by atomic mass is 19.4. The summed E-state index contributed by atoms with van der Waals surface area (Å²) in [7, 11) is 1.63. The van der Waals surface area contributed by atoms with Crippen molar-refractivity contribution >= 4 is 16.7 Å². The second-order valence-corrected chi connectivity index (χ2v) is 4.69. The van der Waals surface area contributed by atoms with Crippen LogP contribution in [0, 0.1) is 0 Å². The summed E-state index contributed by atoms with van der Waals surface area (Å²) in [5, 5.41) is 22.1. The molecule has 2 aromatic heterocycles. The highest BCUT2D eigenvalue weighted by Gasteiger charge is 2.31. The van der Waals surface area contributed by atoms with Crippen LogP contribution in [0.2, 0.25) is 0 Å². The van der Waals surface area contributed by atoms with Crippen molar-refractivity contribution in [1.29, 1.82) is 0 Å². The number of nitrogens with two attached hydrogens (primary N) is 1. The summed E-state index contributed by atoms with van der Waals surface area (Å²) in [4.78, 5) is 0. The minimum atomic E-state index is -4.54. The summed E-state index contributed by atoms with van der Waals surface area (Å²) in [6.45, 7) is 0. The molecule has 0 bridgehead atoms. The molecular formula is C13H10F3N5O. The second kappa shape index (κ2) is 4.58. The Kier molecular flexibility index (Phi) is 2.94. The van der Waals surface area contributed by atoms with Gasteiger partial charge in [0.25, 0.3) is 0 Å². The van der Waals surface area contributed by atoms with E-state index in [1.165, 1.54) is 10.9 Å². The van der Waals surface area contributed by atoms with Crippen LogP contribution in [0.3, 0.4) is 0 Å². The van der Waals surface area contributed by atoms with E-state index in [1.54, 1.807) is 7.05 Å². The summed E-state index contributed by atoms with van der Waals surface area (Å²) in [5.74, 6) is -0.394. The molecule has 3 aromatic rings. The van der Waals surface area contributed by atoms with Crippen molar-refractivity contribution in [3.05, 3.63) is 30.0 Å². The van der Waals surface area contributed by atoms with E-state index in [0.29, 0.717) is 17.0 Å². The maximum Gasteiger partial charge on any atom is 0.416 e. The Balaban J connectivity index is 2.25. The molecule has 0 aliphatic rings. The van der Waals surface area contributed by atoms with Crippen LogP contribution in [0.5, 0.6) is 5.75 Å². The number of hydrogen-bond acceptors (Lipinski definition) is 5. The number of phenolic OH excluding ortho intramolecular Hbond substituents is 1. The normalized spacial score (nSPS) is 12.0. The number of aromatic hydroxyl groups is 1. The molecule has 0 atom stereocenters. The molecule has 1 aromatic carbocycles. The van der Waals surface area contributed by atoms with Crippen LogP contribution in [0.15, 0.2) is 24.4 Å².